The largest absolute Gasteiger partial charge is 0.343 e. The number of hydrogen-bond acceptors (Lipinski definition) is 4. The molecule has 16 heavy (non-hydrogen) atoms. The number of nitrogens with one attached hydrogen (secondary N) is 1. The lowest BCUT2D eigenvalue weighted by Gasteiger charge is -2.35. The van der Waals surface area contributed by atoms with Gasteiger partial charge in [-0.1, -0.05) is 0 Å². The second kappa shape index (κ2) is 5.05. The number of rotatable bonds is 1. The molecule has 2 fully saturated rings. The van der Waals surface area contributed by atoms with Crippen molar-refractivity contribution in [1.29, 1.82) is 0 Å². The molecule has 2 aliphatic heterocycles. The summed E-state index contributed by atoms with van der Waals surface area (Å²) in [6, 6.07) is -0.311. The van der Waals surface area contributed by atoms with E-state index in [1.165, 1.54) is 11.8 Å². The molecule has 1 N–H and O–H groups in total. The Hall–Kier alpha value is -0.750. The van der Waals surface area contributed by atoms with Crippen LogP contribution in [0.2, 0.25) is 0 Å². The minimum absolute atomic E-state index is 0.0243. The summed E-state index contributed by atoms with van der Waals surface area (Å²) in [5.74, 6) is 1.24. The standard InChI is InChI=1S/C10H17N3O2S/c1-12-2-4-13(5-3-12)10(15)8-6-16-7-9(14)11-8/h8H,2-7H2,1H3,(H,11,14). The number of carbonyl (C=O) groups is 2. The molecule has 6 heteroatoms. The molecule has 1 unspecified atom stereocenters. The third-order valence-electron chi connectivity index (χ3n) is 2.97. The lowest BCUT2D eigenvalue weighted by Crippen LogP contribution is -2.56. The summed E-state index contributed by atoms with van der Waals surface area (Å²) in [7, 11) is 2.06. The van der Waals surface area contributed by atoms with E-state index in [-0.39, 0.29) is 17.9 Å². The predicted molar refractivity (Wildman–Crippen MR) is 63.3 cm³/mol. The number of likely N-dealkylation sites (N-methyl/N-ethyl adjacent to an activating group) is 1. The van der Waals surface area contributed by atoms with Gasteiger partial charge >= 0.3 is 0 Å². The van der Waals surface area contributed by atoms with E-state index in [0.29, 0.717) is 11.5 Å². The fourth-order valence-corrected chi connectivity index (χ4v) is 2.78. The van der Waals surface area contributed by atoms with Crippen LogP contribution in [-0.4, -0.2) is 72.4 Å². The van der Waals surface area contributed by atoms with Crippen LogP contribution in [0.4, 0.5) is 0 Å². The molecule has 0 aromatic heterocycles. The summed E-state index contributed by atoms with van der Waals surface area (Å²) in [5.41, 5.74) is 0. The first-order chi connectivity index (χ1) is 7.66. The SMILES string of the molecule is CN1CCN(C(=O)C2CSCC(=O)N2)CC1. The van der Waals surface area contributed by atoms with Crippen molar-refractivity contribution in [3.05, 3.63) is 0 Å². The van der Waals surface area contributed by atoms with Crippen LogP contribution < -0.4 is 5.32 Å². The van der Waals surface area contributed by atoms with Crippen molar-refractivity contribution < 1.29 is 9.59 Å². The van der Waals surface area contributed by atoms with Crippen LogP contribution in [0.3, 0.4) is 0 Å². The molecule has 0 aromatic carbocycles. The maximum atomic E-state index is 12.1. The minimum atomic E-state index is -0.311. The zero-order valence-corrected chi connectivity index (χ0v) is 10.3. The summed E-state index contributed by atoms with van der Waals surface area (Å²) in [6.45, 7) is 3.37. The highest BCUT2D eigenvalue weighted by Gasteiger charge is 2.30. The van der Waals surface area contributed by atoms with Gasteiger partial charge < -0.3 is 15.1 Å². The van der Waals surface area contributed by atoms with Crippen molar-refractivity contribution >= 4 is 23.6 Å². The van der Waals surface area contributed by atoms with E-state index in [1.54, 1.807) is 0 Å². The summed E-state index contributed by atoms with van der Waals surface area (Å²) in [4.78, 5) is 27.4. The van der Waals surface area contributed by atoms with Crippen molar-refractivity contribution in [3.8, 4) is 0 Å². The molecule has 1 atom stereocenters. The minimum Gasteiger partial charge on any atom is -0.343 e. The maximum Gasteiger partial charge on any atom is 0.246 e. The highest BCUT2D eigenvalue weighted by Crippen LogP contribution is 2.12. The van der Waals surface area contributed by atoms with Gasteiger partial charge in [0, 0.05) is 31.9 Å². The Bertz CT molecular complexity index is 290. The van der Waals surface area contributed by atoms with Crippen molar-refractivity contribution in [2.75, 3.05) is 44.7 Å². The van der Waals surface area contributed by atoms with Crippen LogP contribution >= 0.6 is 11.8 Å². The van der Waals surface area contributed by atoms with Gasteiger partial charge in [0.1, 0.15) is 6.04 Å². The Balaban J connectivity index is 1.89. The number of thioether (sulfide) groups is 1. The average Bonchev–Trinajstić information content (AvgIpc) is 2.29. The second-order valence-corrected chi connectivity index (χ2v) is 5.29. The lowest BCUT2D eigenvalue weighted by molar-refractivity contribution is -0.136. The highest BCUT2D eigenvalue weighted by atomic mass is 32.2. The van der Waals surface area contributed by atoms with Crippen molar-refractivity contribution in [2.45, 2.75) is 6.04 Å². The quantitative estimate of drug-likeness (QED) is 0.641. The molecule has 0 aliphatic carbocycles. The number of carbonyl (C=O) groups excluding carboxylic acids is 2. The van der Waals surface area contributed by atoms with Crippen molar-refractivity contribution in [2.24, 2.45) is 0 Å². The van der Waals surface area contributed by atoms with Crippen LogP contribution in [0.15, 0.2) is 0 Å². The Morgan fingerprint density at radius 3 is 2.69 bits per heavy atom. The Morgan fingerprint density at radius 1 is 1.38 bits per heavy atom. The van der Waals surface area contributed by atoms with Crippen LogP contribution in [0.25, 0.3) is 0 Å². The third kappa shape index (κ3) is 2.68. The molecule has 0 spiro atoms. The van der Waals surface area contributed by atoms with E-state index in [9.17, 15) is 9.59 Å². The summed E-state index contributed by atoms with van der Waals surface area (Å²) >= 11 is 1.53. The Labute approximate surface area is 99.5 Å². The van der Waals surface area contributed by atoms with Crippen LogP contribution in [-0.2, 0) is 9.59 Å². The van der Waals surface area contributed by atoms with E-state index in [2.05, 4.69) is 17.3 Å². The van der Waals surface area contributed by atoms with Crippen molar-refractivity contribution in [1.82, 2.24) is 15.1 Å². The van der Waals surface area contributed by atoms with Gasteiger partial charge in [-0.3, -0.25) is 9.59 Å². The lowest BCUT2D eigenvalue weighted by atomic mass is 10.2. The first-order valence-corrected chi connectivity index (χ1v) is 6.67. The van der Waals surface area contributed by atoms with Gasteiger partial charge in [-0.15, -0.1) is 11.8 Å². The van der Waals surface area contributed by atoms with Gasteiger partial charge in [-0.25, -0.2) is 0 Å². The van der Waals surface area contributed by atoms with Crippen LogP contribution in [0, 0.1) is 0 Å². The first kappa shape index (κ1) is 11.7. The van der Waals surface area contributed by atoms with Gasteiger partial charge in [0.15, 0.2) is 0 Å². The molecular formula is C10H17N3O2S. The zero-order chi connectivity index (χ0) is 11.5. The average molecular weight is 243 g/mol. The molecule has 0 radical (unpaired) electrons. The molecule has 0 saturated carbocycles. The van der Waals surface area contributed by atoms with Crippen molar-refractivity contribution in [3.63, 3.8) is 0 Å². The van der Waals surface area contributed by atoms with E-state index < -0.39 is 0 Å². The smallest absolute Gasteiger partial charge is 0.246 e. The van der Waals surface area contributed by atoms with E-state index in [1.807, 2.05) is 4.90 Å². The predicted octanol–water partition coefficient (Wildman–Crippen LogP) is -1.01. The number of nitrogens with zero attached hydrogens (tertiary/aromatic N) is 2. The van der Waals surface area contributed by atoms with Gasteiger partial charge in [0.2, 0.25) is 11.8 Å². The van der Waals surface area contributed by atoms with E-state index >= 15 is 0 Å². The normalized spacial score (nSPS) is 27.7. The maximum absolute atomic E-state index is 12.1. The second-order valence-electron chi connectivity index (χ2n) is 4.26. The molecular weight excluding hydrogens is 226 g/mol. The Kier molecular flexibility index (Phi) is 3.70. The molecule has 2 aliphatic rings. The molecule has 2 amide bonds. The monoisotopic (exact) mass is 243 g/mol. The molecule has 2 rings (SSSR count). The fourth-order valence-electron chi connectivity index (χ4n) is 1.93. The number of piperazine rings is 1. The van der Waals surface area contributed by atoms with Crippen LogP contribution in [0.1, 0.15) is 0 Å². The first-order valence-electron chi connectivity index (χ1n) is 5.51. The summed E-state index contributed by atoms with van der Waals surface area (Å²) in [6.07, 6.45) is 0. The molecule has 2 saturated heterocycles. The van der Waals surface area contributed by atoms with E-state index in [4.69, 9.17) is 0 Å². The van der Waals surface area contributed by atoms with Gasteiger partial charge in [-0.2, -0.15) is 0 Å². The van der Waals surface area contributed by atoms with Gasteiger partial charge in [-0.05, 0) is 7.05 Å². The van der Waals surface area contributed by atoms with Gasteiger partial charge in [0.25, 0.3) is 0 Å². The molecule has 5 nitrogen and oxygen atoms in total. The summed E-state index contributed by atoms with van der Waals surface area (Å²) < 4.78 is 0. The number of amides is 2. The van der Waals surface area contributed by atoms with Gasteiger partial charge in [0.05, 0.1) is 5.75 Å². The molecule has 2 heterocycles. The Morgan fingerprint density at radius 2 is 2.06 bits per heavy atom. The fraction of sp³-hybridized carbons (Fsp3) is 0.800. The highest BCUT2D eigenvalue weighted by molar-refractivity contribution is 8.00. The third-order valence-corrected chi connectivity index (χ3v) is 4.00. The molecule has 0 aromatic rings. The number of hydrogen-bond donors (Lipinski definition) is 1. The molecule has 0 bridgehead atoms. The topological polar surface area (TPSA) is 52.7 Å². The van der Waals surface area contributed by atoms with E-state index in [0.717, 1.165) is 26.2 Å². The molecule has 90 valence electrons. The zero-order valence-electron chi connectivity index (χ0n) is 9.44. The summed E-state index contributed by atoms with van der Waals surface area (Å²) in [5, 5.41) is 2.76. The van der Waals surface area contributed by atoms with Crippen LogP contribution in [0.5, 0.6) is 0 Å².